The summed E-state index contributed by atoms with van der Waals surface area (Å²) in [5, 5.41) is 3.83. The van der Waals surface area contributed by atoms with Crippen LogP contribution in [0, 0.1) is 5.41 Å². The summed E-state index contributed by atoms with van der Waals surface area (Å²) in [5.74, 6) is 0. The smallest absolute Gasteiger partial charge is 0.00699 e. The van der Waals surface area contributed by atoms with Crippen LogP contribution in [0.2, 0.25) is 0 Å². The van der Waals surface area contributed by atoms with Gasteiger partial charge in [0.15, 0.2) is 0 Å². The minimum Gasteiger partial charge on any atom is -0.311 e. The van der Waals surface area contributed by atoms with Gasteiger partial charge in [0.2, 0.25) is 0 Å². The molecule has 1 nitrogen and oxygen atoms in total. The van der Waals surface area contributed by atoms with Crippen LogP contribution in [-0.4, -0.2) is 12.1 Å². The molecule has 1 unspecified atom stereocenters. The van der Waals surface area contributed by atoms with Crippen LogP contribution in [-0.2, 0) is 6.42 Å². The Kier molecular flexibility index (Phi) is 5.04. The first-order chi connectivity index (χ1) is 9.05. The lowest BCUT2D eigenvalue weighted by atomic mass is 9.75. The van der Waals surface area contributed by atoms with Crippen molar-refractivity contribution >= 4 is 0 Å². The quantitative estimate of drug-likeness (QED) is 0.817. The standard InChI is InChI=1S/C18H29N/c1-15(9-10-16-7-5-4-6-8-16)19-17-11-13-18(2,3)14-12-17/h4-8,15,17,19H,9-14H2,1-3H3. The predicted molar refractivity (Wildman–Crippen MR) is 83.4 cm³/mol. The van der Waals surface area contributed by atoms with Crippen LogP contribution in [0.25, 0.3) is 0 Å². The van der Waals surface area contributed by atoms with E-state index >= 15 is 0 Å². The molecule has 0 saturated heterocycles. The number of benzene rings is 1. The SMILES string of the molecule is CC(CCc1ccccc1)NC1CCC(C)(C)CC1. The molecule has 1 N–H and O–H groups in total. The summed E-state index contributed by atoms with van der Waals surface area (Å²) in [6.45, 7) is 7.15. The van der Waals surface area contributed by atoms with E-state index in [2.05, 4.69) is 56.4 Å². The average Bonchev–Trinajstić information content (AvgIpc) is 2.40. The molecule has 0 bridgehead atoms. The highest BCUT2D eigenvalue weighted by Gasteiger charge is 2.27. The van der Waals surface area contributed by atoms with Gasteiger partial charge in [0.05, 0.1) is 0 Å². The molecule has 106 valence electrons. The lowest BCUT2D eigenvalue weighted by Gasteiger charge is -2.36. The summed E-state index contributed by atoms with van der Waals surface area (Å²) >= 11 is 0. The molecule has 0 spiro atoms. The van der Waals surface area contributed by atoms with Crippen molar-refractivity contribution in [1.29, 1.82) is 0 Å². The molecular formula is C18H29N. The Morgan fingerprint density at radius 1 is 1.16 bits per heavy atom. The Bertz CT molecular complexity index is 359. The van der Waals surface area contributed by atoms with Crippen molar-refractivity contribution in [1.82, 2.24) is 5.32 Å². The maximum Gasteiger partial charge on any atom is 0.00699 e. The lowest BCUT2D eigenvalue weighted by Crippen LogP contribution is -2.40. The highest BCUT2D eigenvalue weighted by atomic mass is 14.9. The van der Waals surface area contributed by atoms with Crippen molar-refractivity contribution in [3.05, 3.63) is 35.9 Å². The van der Waals surface area contributed by atoms with Gasteiger partial charge in [0, 0.05) is 12.1 Å². The summed E-state index contributed by atoms with van der Waals surface area (Å²) in [6, 6.07) is 12.2. The molecule has 1 atom stereocenters. The van der Waals surface area contributed by atoms with Gasteiger partial charge in [-0.15, -0.1) is 0 Å². The van der Waals surface area contributed by atoms with Gasteiger partial charge in [-0.2, -0.15) is 0 Å². The third-order valence-corrected chi connectivity index (χ3v) is 4.57. The van der Waals surface area contributed by atoms with Crippen molar-refractivity contribution in [2.75, 3.05) is 0 Å². The Balaban J connectivity index is 1.69. The zero-order valence-corrected chi connectivity index (χ0v) is 12.8. The van der Waals surface area contributed by atoms with Crippen LogP contribution >= 0.6 is 0 Å². The first kappa shape index (κ1) is 14.6. The monoisotopic (exact) mass is 259 g/mol. The van der Waals surface area contributed by atoms with Crippen molar-refractivity contribution < 1.29 is 0 Å². The van der Waals surface area contributed by atoms with Gasteiger partial charge in [-0.1, -0.05) is 44.2 Å². The molecule has 0 aliphatic heterocycles. The predicted octanol–water partition coefficient (Wildman–Crippen LogP) is 4.57. The van der Waals surface area contributed by atoms with Gasteiger partial charge in [-0.3, -0.25) is 0 Å². The fourth-order valence-electron chi connectivity index (χ4n) is 3.08. The first-order valence-electron chi connectivity index (χ1n) is 7.85. The van der Waals surface area contributed by atoms with Gasteiger partial charge in [-0.25, -0.2) is 0 Å². The second kappa shape index (κ2) is 6.56. The van der Waals surface area contributed by atoms with Crippen molar-refractivity contribution in [3.8, 4) is 0 Å². The van der Waals surface area contributed by atoms with Crippen LogP contribution < -0.4 is 5.32 Å². The van der Waals surface area contributed by atoms with E-state index in [1.54, 1.807) is 0 Å². The van der Waals surface area contributed by atoms with Gasteiger partial charge in [-0.05, 0) is 56.4 Å². The molecule has 1 fully saturated rings. The molecule has 1 aliphatic carbocycles. The largest absolute Gasteiger partial charge is 0.311 e. The molecule has 0 radical (unpaired) electrons. The average molecular weight is 259 g/mol. The second-order valence-corrected chi connectivity index (χ2v) is 7.03. The van der Waals surface area contributed by atoms with Crippen LogP contribution in [0.4, 0.5) is 0 Å². The Morgan fingerprint density at radius 2 is 1.79 bits per heavy atom. The fourth-order valence-corrected chi connectivity index (χ4v) is 3.08. The summed E-state index contributed by atoms with van der Waals surface area (Å²) in [6.07, 6.45) is 7.87. The number of rotatable bonds is 5. The van der Waals surface area contributed by atoms with Gasteiger partial charge in [0.25, 0.3) is 0 Å². The third kappa shape index (κ3) is 4.99. The Morgan fingerprint density at radius 3 is 2.42 bits per heavy atom. The molecule has 1 heteroatoms. The molecule has 1 aromatic rings. The zero-order chi connectivity index (χ0) is 13.7. The molecule has 1 saturated carbocycles. The van der Waals surface area contributed by atoms with E-state index in [9.17, 15) is 0 Å². The molecule has 0 aromatic heterocycles. The van der Waals surface area contributed by atoms with E-state index in [0.717, 1.165) is 6.04 Å². The van der Waals surface area contributed by atoms with E-state index in [4.69, 9.17) is 0 Å². The van der Waals surface area contributed by atoms with Gasteiger partial charge < -0.3 is 5.32 Å². The molecule has 1 aromatic carbocycles. The lowest BCUT2D eigenvalue weighted by molar-refractivity contribution is 0.198. The van der Waals surface area contributed by atoms with Crippen LogP contribution in [0.5, 0.6) is 0 Å². The fraction of sp³-hybridized carbons (Fsp3) is 0.667. The van der Waals surface area contributed by atoms with Crippen molar-refractivity contribution in [2.24, 2.45) is 5.41 Å². The first-order valence-corrected chi connectivity index (χ1v) is 7.85. The van der Waals surface area contributed by atoms with Crippen LogP contribution in [0.15, 0.2) is 30.3 Å². The summed E-state index contributed by atoms with van der Waals surface area (Å²) < 4.78 is 0. The molecule has 0 heterocycles. The number of nitrogens with one attached hydrogen (secondary N) is 1. The minimum atomic E-state index is 0.575. The van der Waals surface area contributed by atoms with Crippen LogP contribution in [0.1, 0.15) is 58.4 Å². The number of aryl methyl sites for hydroxylation is 1. The van der Waals surface area contributed by atoms with E-state index in [-0.39, 0.29) is 0 Å². The van der Waals surface area contributed by atoms with Gasteiger partial charge >= 0.3 is 0 Å². The van der Waals surface area contributed by atoms with Crippen molar-refractivity contribution in [2.45, 2.75) is 71.4 Å². The minimum absolute atomic E-state index is 0.575. The highest BCUT2D eigenvalue weighted by molar-refractivity contribution is 5.14. The summed E-state index contributed by atoms with van der Waals surface area (Å²) in [7, 11) is 0. The Labute approximate surface area is 118 Å². The van der Waals surface area contributed by atoms with Crippen LogP contribution in [0.3, 0.4) is 0 Å². The topological polar surface area (TPSA) is 12.0 Å². The molecule has 19 heavy (non-hydrogen) atoms. The maximum absolute atomic E-state index is 3.83. The zero-order valence-electron chi connectivity index (χ0n) is 12.8. The van der Waals surface area contributed by atoms with E-state index < -0.39 is 0 Å². The highest BCUT2D eigenvalue weighted by Crippen LogP contribution is 2.35. The van der Waals surface area contributed by atoms with E-state index in [0.29, 0.717) is 11.5 Å². The summed E-state index contributed by atoms with van der Waals surface area (Å²) in [5.41, 5.74) is 2.03. The Hall–Kier alpha value is -0.820. The maximum atomic E-state index is 3.83. The second-order valence-electron chi connectivity index (χ2n) is 7.03. The van der Waals surface area contributed by atoms with Crippen molar-refractivity contribution in [3.63, 3.8) is 0 Å². The summed E-state index contributed by atoms with van der Waals surface area (Å²) in [4.78, 5) is 0. The number of hydrogen-bond acceptors (Lipinski definition) is 1. The molecular weight excluding hydrogens is 230 g/mol. The molecule has 2 rings (SSSR count). The van der Waals surface area contributed by atoms with Gasteiger partial charge in [0.1, 0.15) is 0 Å². The molecule has 0 amide bonds. The number of hydrogen-bond donors (Lipinski definition) is 1. The normalized spacial score (nSPS) is 21.2. The van der Waals surface area contributed by atoms with E-state index in [1.165, 1.54) is 44.1 Å². The third-order valence-electron chi connectivity index (χ3n) is 4.57. The van der Waals surface area contributed by atoms with E-state index in [1.807, 2.05) is 0 Å². The molecule has 1 aliphatic rings.